The van der Waals surface area contributed by atoms with E-state index in [9.17, 15) is 0 Å². The van der Waals surface area contributed by atoms with E-state index in [0.29, 0.717) is 6.17 Å². The predicted molar refractivity (Wildman–Crippen MR) is 65.7 cm³/mol. The van der Waals surface area contributed by atoms with E-state index in [1.165, 1.54) is 0 Å². The molecule has 0 saturated heterocycles. The van der Waals surface area contributed by atoms with Crippen molar-refractivity contribution in [3.8, 4) is 0 Å². The Morgan fingerprint density at radius 3 is 2.21 bits per heavy atom. The molecule has 0 rings (SSSR count). The molecule has 0 amide bonds. The molecule has 0 aliphatic rings. The Balaban J connectivity index is 3.61. The minimum Gasteiger partial charge on any atom is -0.378 e. The zero-order valence-corrected chi connectivity index (χ0v) is 12.2. The summed E-state index contributed by atoms with van der Waals surface area (Å²) in [6, 6.07) is 0. The smallest absolute Gasteiger partial charge is 0.0853 e. The number of hydrogen-bond acceptors (Lipinski definition) is 3. The van der Waals surface area contributed by atoms with E-state index in [0.717, 1.165) is 29.9 Å². The van der Waals surface area contributed by atoms with E-state index in [1.54, 1.807) is 0 Å². The van der Waals surface area contributed by atoms with Crippen LogP contribution in [0.25, 0.3) is 0 Å². The van der Waals surface area contributed by atoms with Crippen LogP contribution >= 0.6 is 0 Å². The molecule has 3 nitrogen and oxygen atoms in total. The average molecular weight is 216 g/mol. The van der Waals surface area contributed by atoms with Gasteiger partial charge in [0, 0.05) is 10.2 Å². The molecule has 0 unspecified atom stereocenters. The first-order valence-corrected chi connectivity index (χ1v) is 6.26. The molecule has 0 radical (unpaired) electrons. The number of hydrogen-bond donors (Lipinski definition) is 0. The van der Waals surface area contributed by atoms with E-state index >= 15 is 0 Å². The fourth-order valence-corrected chi connectivity index (χ4v) is 1.60. The third-order valence-corrected chi connectivity index (χ3v) is 2.60. The molecule has 0 aliphatic carbocycles. The van der Waals surface area contributed by atoms with Crippen molar-refractivity contribution >= 4 is 10.2 Å². The lowest BCUT2D eigenvalue weighted by molar-refractivity contribution is 0.0194. The summed E-state index contributed by atoms with van der Waals surface area (Å²) in [6.07, 6.45) is 3.60. The van der Waals surface area contributed by atoms with Gasteiger partial charge in [0.1, 0.15) is 0 Å². The highest BCUT2D eigenvalue weighted by molar-refractivity contribution is 6.16. The highest BCUT2D eigenvalue weighted by Gasteiger charge is 2.12. The maximum atomic E-state index is 5.60. The van der Waals surface area contributed by atoms with Crippen LogP contribution in [0, 0.1) is 0 Å². The molecule has 0 heterocycles. The maximum Gasteiger partial charge on any atom is 0.0853 e. The molecule has 0 spiro atoms. The van der Waals surface area contributed by atoms with Crippen molar-refractivity contribution in [1.29, 1.82) is 0 Å². The second-order valence-electron chi connectivity index (χ2n) is 3.84. The molecule has 0 aromatic carbocycles. The van der Waals surface area contributed by atoms with Gasteiger partial charge in [-0.2, -0.15) is 0 Å². The van der Waals surface area contributed by atoms with Gasteiger partial charge in [-0.25, -0.2) is 0 Å². The quantitative estimate of drug-likeness (QED) is 0.331. The predicted octanol–water partition coefficient (Wildman–Crippen LogP) is -0.279. The standard InChI is InChI=1S/C10H24N2OSi/c1-11(2)10(12(3)4)9-13-7-5-6-8-14/h6,8,10H,5,7,9H2,1-4,14H3. The Bertz CT molecular complexity index is 152. The molecule has 0 atom stereocenters. The summed E-state index contributed by atoms with van der Waals surface area (Å²) in [4.78, 5) is 4.34. The molecule has 0 aromatic rings. The molecule has 4 heteroatoms. The topological polar surface area (TPSA) is 15.7 Å². The van der Waals surface area contributed by atoms with Gasteiger partial charge in [0.25, 0.3) is 0 Å². The summed E-state index contributed by atoms with van der Waals surface area (Å²) >= 11 is 0. The van der Waals surface area contributed by atoms with Crippen LogP contribution < -0.4 is 0 Å². The Morgan fingerprint density at radius 1 is 1.21 bits per heavy atom. The Morgan fingerprint density at radius 2 is 1.79 bits per heavy atom. The summed E-state index contributed by atoms with van der Waals surface area (Å²) in [5, 5.41) is 0. The van der Waals surface area contributed by atoms with Gasteiger partial charge >= 0.3 is 0 Å². The van der Waals surface area contributed by atoms with Crippen molar-refractivity contribution in [3.05, 3.63) is 11.8 Å². The monoisotopic (exact) mass is 216 g/mol. The van der Waals surface area contributed by atoms with Gasteiger partial charge in [-0.3, -0.25) is 9.80 Å². The highest BCUT2D eigenvalue weighted by Crippen LogP contribution is 1.98. The van der Waals surface area contributed by atoms with Crippen molar-refractivity contribution in [3.63, 3.8) is 0 Å². The lowest BCUT2D eigenvalue weighted by Crippen LogP contribution is -2.44. The van der Waals surface area contributed by atoms with E-state index in [-0.39, 0.29) is 0 Å². The largest absolute Gasteiger partial charge is 0.378 e. The normalized spacial score (nSPS) is 12.8. The summed E-state index contributed by atoms with van der Waals surface area (Å²) in [5.41, 5.74) is 2.19. The van der Waals surface area contributed by atoms with Crippen molar-refractivity contribution in [2.45, 2.75) is 12.6 Å². The molecular weight excluding hydrogens is 192 g/mol. The van der Waals surface area contributed by atoms with Crippen LogP contribution in [0.3, 0.4) is 0 Å². The number of ether oxygens (including phenoxy) is 1. The lowest BCUT2D eigenvalue weighted by atomic mass is 10.4. The van der Waals surface area contributed by atoms with Gasteiger partial charge in [-0.05, 0) is 34.6 Å². The first-order valence-electron chi connectivity index (χ1n) is 5.11. The summed E-state index contributed by atoms with van der Waals surface area (Å²) in [5.74, 6) is 0. The van der Waals surface area contributed by atoms with Gasteiger partial charge in [-0.1, -0.05) is 6.08 Å². The SMILES string of the molecule is CN(C)C(COCCC=C[SiH3])N(C)C. The number of rotatable bonds is 7. The van der Waals surface area contributed by atoms with Crippen molar-refractivity contribution in [1.82, 2.24) is 9.80 Å². The Labute approximate surface area is 91.1 Å². The lowest BCUT2D eigenvalue weighted by Gasteiger charge is -2.30. The van der Waals surface area contributed by atoms with Gasteiger partial charge in [-0.15, -0.1) is 5.70 Å². The van der Waals surface area contributed by atoms with Gasteiger partial charge in [0.15, 0.2) is 0 Å². The van der Waals surface area contributed by atoms with Crippen LogP contribution in [0.15, 0.2) is 11.8 Å². The minimum absolute atomic E-state index is 0.370. The molecule has 84 valence electrons. The molecule has 0 aromatic heterocycles. The van der Waals surface area contributed by atoms with E-state index in [2.05, 4.69) is 49.8 Å². The highest BCUT2D eigenvalue weighted by atomic mass is 28.1. The van der Waals surface area contributed by atoms with E-state index in [4.69, 9.17) is 4.74 Å². The van der Waals surface area contributed by atoms with Gasteiger partial charge in [0.2, 0.25) is 0 Å². The van der Waals surface area contributed by atoms with E-state index in [1.807, 2.05) is 0 Å². The first-order chi connectivity index (χ1) is 6.59. The van der Waals surface area contributed by atoms with Crippen LogP contribution in [-0.4, -0.2) is 67.6 Å². The first kappa shape index (κ1) is 13.8. The number of nitrogens with zero attached hydrogens (tertiary/aromatic N) is 2. The van der Waals surface area contributed by atoms with Crippen LogP contribution in [0.1, 0.15) is 6.42 Å². The van der Waals surface area contributed by atoms with E-state index < -0.39 is 0 Å². The van der Waals surface area contributed by atoms with Crippen LogP contribution in [0.4, 0.5) is 0 Å². The fraction of sp³-hybridized carbons (Fsp3) is 0.800. The second-order valence-corrected chi connectivity index (χ2v) is 4.51. The second kappa shape index (κ2) is 8.17. The molecular formula is C10H24N2OSi. The van der Waals surface area contributed by atoms with Crippen molar-refractivity contribution in [2.75, 3.05) is 41.4 Å². The van der Waals surface area contributed by atoms with Crippen LogP contribution in [0.2, 0.25) is 0 Å². The number of likely N-dealkylation sites (N-methyl/N-ethyl adjacent to an activating group) is 2. The van der Waals surface area contributed by atoms with Crippen LogP contribution in [-0.2, 0) is 4.74 Å². The zero-order chi connectivity index (χ0) is 11.0. The zero-order valence-electron chi connectivity index (χ0n) is 10.2. The molecule has 14 heavy (non-hydrogen) atoms. The van der Waals surface area contributed by atoms with Crippen molar-refractivity contribution < 1.29 is 4.74 Å². The van der Waals surface area contributed by atoms with Crippen molar-refractivity contribution in [2.24, 2.45) is 0 Å². The third-order valence-electron chi connectivity index (χ3n) is 2.12. The summed E-state index contributed by atoms with van der Waals surface area (Å²) in [6.45, 7) is 1.60. The Kier molecular flexibility index (Phi) is 8.08. The molecule has 0 N–H and O–H groups in total. The third kappa shape index (κ3) is 6.31. The molecule has 0 bridgehead atoms. The minimum atomic E-state index is 0.370. The maximum absolute atomic E-state index is 5.60. The molecule has 0 aliphatic heterocycles. The fourth-order valence-electron chi connectivity index (χ4n) is 1.27. The molecule has 0 saturated carbocycles. The Hall–Kier alpha value is -0.163. The summed E-state index contributed by atoms with van der Waals surface area (Å²) in [7, 11) is 9.45. The summed E-state index contributed by atoms with van der Waals surface area (Å²) < 4.78 is 5.60. The van der Waals surface area contributed by atoms with Gasteiger partial charge in [0.05, 0.1) is 19.4 Å². The van der Waals surface area contributed by atoms with Crippen LogP contribution in [0.5, 0.6) is 0 Å². The average Bonchev–Trinajstić information content (AvgIpc) is 2.09. The van der Waals surface area contributed by atoms with Gasteiger partial charge < -0.3 is 4.74 Å². The molecule has 0 fully saturated rings.